The first-order valence-electron chi connectivity index (χ1n) is 5.83. The number of aryl methyl sites for hydroxylation is 1. The predicted molar refractivity (Wildman–Crippen MR) is 64.6 cm³/mol. The molecule has 1 heterocycles. The van der Waals surface area contributed by atoms with Crippen LogP contribution in [0, 0.1) is 17.2 Å². The molecule has 0 radical (unpaired) electrons. The Morgan fingerprint density at radius 3 is 2.50 bits per heavy atom. The summed E-state index contributed by atoms with van der Waals surface area (Å²) in [5, 5.41) is 1.68. The van der Waals surface area contributed by atoms with E-state index in [2.05, 4.69) is 9.27 Å². The van der Waals surface area contributed by atoms with Crippen molar-refractivity contribution in [3.63, 3.8) is 0 Å². The van der Waals surface area contributed by atoms with Gasteiger partial charge in [0.25, 0.3) is 5.75 Å². The molecule has 0 saturated heterocycles. The minimum absolute atomic E-state index is 0.0197. The van der Waals surface area contributed by atoms with Crippen LogP contribution in [0.5, 0.6) is 5.75 Å². The average molecular weight is 292 g/mol. The fourth-order valence-corrected chi connectivity index (χ4v) is 2.53. The summed E-state index contributed by atoms with van der Waals surface area (Å²) in [4.78, 5) is 4.49. The van der Waals surface area contributed by atoms with Crippen LogP contribution in [-0.4, -0.2) is 4.98 Å². The monoisotopic (exact) mass is 291 g/mol. The summed E-state index contributed by atoms with van der Waals surface area (Å²) in [5.41, 5.74) is 2.13. The van der Waals surface area contributed by atoms with Crippen molar-refractivity contribution in [2.24, 2.45) is 0 Å². The molecule has 0 atom stereocenters. The van der Waals surface area contributed by atoms with Crippen molar-refractivity contribution in [1.29, 1.82) is 0 Å². The van der Waals surface area contributed by atoms with Gasteiger partial charge in [0.05, 0.1) is 11.0 Å². The highest BCUT2D eigenvalue weighted by Crippen LogP contribution is 2.29. The number of pyridine rings is 1. The molecule has 20 heavy (non-hydrogen) atoms. The van der Waals surface area contributed by atoms with Crippen molar-refractivity contribution in [3.8, 4) is 5.75 Å². The van der Waals surface area contributed by atoms with Crippen LogP contribution < -0.4 is 18.3 Å². The highest BCUT2D eigenvalue weighted by molar-refractivity contribution is 5.95. The van der Waals surface area contributed by atoms with Crippen LogP contribution in [0.25, 0.3) is 21.8 Å². The van der Waals surface area contributed by atoms with Crippen molar-refractivity contribution in [1.82, 2.24) is 4.98 Å². The van der Waals surface area contributed by atoms with Crippen LogP contribution in [0.3, 0.4) is 0 Å². The Morgan fingerprint density at radius 2 is 1.75 bits per heavy atom. The van der Waals surface area contributed by atoms with Gasteiger partial charge in [0, 0.05) is 16.3 Å². The van der Waals surface area contributed by atoms with E-state index >= 15 is 0 Å². The number of benzene rings is 2. The van der Waals surface area contributed by atoms with E-state index < -0.39 is 10.2 Å². The molecule has 0 unspecified atom stereocenters. The molecule has 5 nitrogen and oxygen atoms in total. The Kier molecular flexibility index (Phi) is 2.99. The number of halogens is 1. The lowest BCUT2D eigenvalue weighted by Crippen LogP contribution is -2.63. The van der Waals surface area contributed by atoms with Crippen molar-refractivity contribution >= 4 is 21.8 Å². The van der Waals surface area contributed by atoms with Gasteiger partial charge in [-0.25, -0.2) is 4.98 Å². The van der Waals surface area contributed by atoms with E-state index in [9.17, 15) is 14.0 Å². The van der Waals surface area contributed by atoms with Gasteiger partial charge in [-0.3, -0.25) is 0 Å². The molecule has 3 aromatic rings. The molecular formula is C14H10ClNO4. The summed E-state index contributed by atoms with van der Waals surface area (Å²) >= 11 is 0. The number of nitrogens with zero attached hydrogens (tertiary/aromatic N) is 1. The molecule has 6 heteroatoms. The lowest BCUT2D eigenvalue weighted by Gasteiger charge is -2.14. The van der Waals surface area contributed by atoms with Crippen LogP contribution >= 0.6 is 0 Å². The average Bonchev–Trinajstić information content (AvgIpc) is 2.39. The fraction of sp³-hybridized carbons (Fsp3) is 0.0714. The molecule has 0 N–H and O–H groups in total. The Balaban J connectivity index is 2.23. The van der Waals surface area contributed by atoms with E-state index in [1.165, 1.54) is 6.07 Å². The first-order chi connectivity index (χ1) is 9.44. The number of aromatic nitrogens is 1. The van der Waals surface area contributed by atoms with Crippen molar-refractivity contribution in [2.75, 3.05) is 0 Å². The van der Waals surface area contributed by atoms with E-state index in [0.29, 0.717) is 11.1 Å². The van der Waals surface area contributed by atoms with Crippen LogP contribution in [0.15, 0.2) is 42.5 Å². The van der Waals surface area contributed by atoms with E-state index in [-0.39, 0.29) is 5.75 Å². The van der Waals surface area contributed by atoms with Gasteiger partial charge in [-0.2, -0.15) is 14.0 Å². The third-order valence-electron chi connectivity index (χ3n) is 3.10. The molecule has 0 fully saturated rings. The maximum absolute atomic E-state index is 10.7. The Morgan fingerprint density at radius 1 is 1.00 bits per heavy atom. The first-order valence-corrected chi connectivity index (χ1v) is 7.07. The quantitative estimate of drug-likeness (QED) is 0.619. The zero-order valence-corrected chi connectivity index (χ0v) is 11.3. The molecule has 102 valence electrons. The molecule has 0 aliphatic carbocycles. The minimum Gasteiger partial charge on any atom is -0.248 e. The molecule has 0 aliphatic heterocycles. The standard InChI is InChI=1S/C14H10ClNO4/c1-9-11-8-10-4-2-3-5-12(10)16-13(11)6-7-14(9)20-15(17,18)19/h2-8H,1H3. The van der Waals surface area contributed by atoms with E-state index in [1.807, 2.05) is 30.3 Å². The summed E-state index contributed by atoms with van der Waals surface area (Å²) in [5.74, 6) is 0.0197. The van der Waals surface area contributed by atoms with Crippen molar-refractivity contribution < 1.29 is 28.5 Å². The highest BCUT2D eigenvalue weighted by Gasteiger charge is 2.22. The van der Waals surface area contributed by atoms with Gasteiger partial charge < -0.3 is 0 Å². The summed E-state index contributed by atoms with van der Waals surface area (Å²) in [6, 6.07) is 12.6. The van der Waals surface area contributed by atoms with Gasteiger partial charge in [0.2, 0.25) is 0 Å². The third kappa shape index (κ3) is 2.39. The maximum Gasteiger partial charge on any atom is 0.291 e. The SMILES string of the molecule is Cc1c(O[Cl+3]([O-])([O-])[O-])ccc2nc3ccccc3cc12. The van der Waals surface area contributed by atoms with E-state index in [4.69, 9.17) is 0 Å². The Hall–Kier alpha value is -1.92. The normalized spacial score (nSPS) is 12.0. The third-order valence-corrected chi connectivity index (χ3v) is 3.45. The van der Waals surface area contributed by atoms with Gasteiger partial charge in [-0.15, -0.1) is 0 Å². The number of para-hydroxylation sites is 1. The van der Waals surface area contributed by atoms with Gasteiger partial charge >= 0.3 is 0 Å². The number of hydrogen-bond acceptors (Lipinski definition) is 5. The molecule has 0 aliphatic rings. The molecule has 0 amide bonds. The summed E-state index contributed by atoms with van der Waals surface area (Å²) < 4.78 is 36.5. The molecular weight excluding hydrogens is 282 g/mol. The van der Waals surface area contributed by atoms with Gasteiger partial charge in [0.1, 0.15) is 10.2 Å². The van der Waals surface area contributed by atoms with E-state index in [1.54, 1.807) is 13.0 Å². The second-order valence-corrected chi connectivity index (χ2v) is 5.30. The van der Waals surface area contributed by atoms with Crippen molar-refractivity contribution in [2.45, 2.75) is 6.92 Å². The topological polar surface area (TPSA) is 91.3 Å². The molecule has 1 aromatic heterocycles. The first kappa shape index (κ1) is 13.1. The largest absolute Gasteiger partial charge is 0.291 e. The fourth-order valence-electron chi connectivity index (χ4n) is 2.16. The Bertz CT molecular complexity index is 798. The molecule has 0 spiro atoms. The molecule has 0 saturated carbocycles. The van der Waals surface area contributed by atoms with Gasteiger partial charge in [-0.1, -0.05) is 22.5 Å². The number of fused-ring (bicyclic) bond motifs is 2. The van der Waals surface area contributed by atoms with Gasteiger partial charge in [0.15, 0.2) is 0 Å². The zero-order chi connectivity index (χ0) is 14.3. The van der Waals surface area contributed by atoms with Gasteiger partial charge in [-0.05, 0) is 31.2 Å². The predicted octanol–water partition coefficient (Wildman–Crippen LogP) is -0.0275. The van der Waals surface area contributed by atoms with Crippen LogP contribution in [0.4, 0.5) is 0 Å². The maximum atomic E-state index is 10.7. The smallest absolute Gasteiger partial charge is 0.248 e. The molecule has 0 bridgehead atoms. The molecule has 3 rings (SSSR count). The zero-order valence-electron chi connectivity index (χ0n) is 10.5. The van der Waals surface area contributed by atoms with E-state index in [0.717, 1.165) is 16.3 Å². The lowest BCUT2D eigenvalue weighted by molar-refractivity contribution is -1.91. The second-order valence-electron chi connectivity index (χ2n) is 4.39. The van der Waals surface area contributed by atoms with Crippen molar-refractivity contribution in [3.05, 3.63) is 48.0 Å². The van der Waals surface area contributed by atoms with Crippen LogP contribution in [-0.2, 0) is 0 Å². The van der Waals surface area contributed by atoms with Crippen LogP contribution in [0.1, 0.15) is 5.56 Å². The summed E-state index contributed by atoms with van der Waals surface area (Å²) in [7, 11) is -4.50. The highest BCUT2D eigenvalue weighted by atomic mass is 35.7. The minimum atomic E-state index is -4.50. The number of hydrogen-bond donors (Lipinski definition) is 0. The Labute approximate surface area is 116 Å². The number of rotatable bonds is 2. The molecule has 2 aromatic carbocycles. The second kappa shape index (κ2) is 4.57. The summed E-state index contributed by atoms with van der Waals surface area (Å²) in [6.45, 7) is 1.69. The summed E-state index contributed by atoms with van der Waals surface area (Å²) in [6.07, 6.45) is 0. The lowest BCUT2D eigenvalue weighted by atomic mass is 10.1. The van der Waals surface area contributed by atoms with Crippen LogP contribution in [0.2, 0.25) is 0 Å².